The first-order chi connectivity index (χ1) is 10.1. The molecule has 0 atom stereocenters. The molecule has 0 aliphatic heterocycles. The van der Waals surface area contributed by atoms with Crippen LogP contribution in [0, 0.1) is 24.6 Å². The van der Waals surface area contributed by atoms with Crippen molar-refractivity contribution < 1.29 is 9.18 Å². The van der Waals surface area contributed by atoms with E-state index >= 15 is 0 Å². The molecule has 21 heavy (non-hydrogen) atoms. The number of carbonyl (C=O) groups excluding carboxylic acids is 1. The number of carbonyl (C=O) groups is 1. The summed E-state index contributed by atoms with van der Waals surface area (Å²) in [6, 6.07) is 6.02. The van der Waals surface area contributed by atoms with Crippen LogP contribution in [0.3, 0.4) is 0 Å². The fraction of sp³-hybridized carbons (Fsp3) is 0.188. The van der Waals surface area contributed by atoms with Gasteiger partial charge in [0, 0.05) is 16.0 Å². The molecule has 2 rings (SSSR count). The zero-order valence-electron chi connectivity index (χ0n) is 11.6. The number of amides is 1. The Labute approximate surface area is 127 Å². The van der Waals surface area contributed by atoms with Crippen molar-refractivity contribution in [3.8, 4) is 11.8 Å². The molecule has 0 saturated heterocycles. The summed E-state index contributed by atoms with van der Waals surface area (Å²) in [6.07, 6.45) is 0. The van der Waals surface area contributed by atoms with Crippen molar-refractivity contribution in [2.45, 2.75) is 13.5 Å². The van der Waals surface area contributed by atoms with E-state index in [4.69, 9.17) is 5.73 Å². The van der Waals surface area contributed by atoms with Crippen LogP contribution in [0.4, 0.5) is 4.39 Å². The predicted octanol–water partition coefficient (Wildman–Crippen LogP) is 2.44. The van der Waals surface area contributed by atoms with Gasteiger partial charge in [-0.2, -0.15) is 0 Å². The third kappa shape index (κ3) is 3.91. The second kappa shape index (κ2) is 7.02. The lowest BCUT2D eigenvalue weighted by Crippen LogP contribution is -2.23. The molecular weight excluding hydrogens is 287 g/mol. The van der Waals surface area contributed by atoms with Crippen LogP contribution in [0.1, 0.15) is 26.4 Å². The molecule has 1 aromatic carbocycles. The van der Waals surface area contributed by atoms with E-state index in [0.29, 0.717) is 24.2 Å². The van der Waals surface area contributed by atoms with Gasteiger partial charge in [-0.3, -0.25) is 4.79 Å². The minimum Gasteiger partial charge on any atom is -0.347 e. The Hall–Kier alpha value is -2.16. The maximum atomic E-state index is 13.0. The Morgan fingerprint density at radius 1 is 1.43 bits per heavy atom. The van der Waals surface area contributed by atoms with Crippen LogP contribution in [0.25, 0.3) is 0 Å². The molecule has 0 aliphatic rings. The second-order valence-electron chi connectivity index (χ2n) is 4.41. The SMILES string of the molecule is Cc1cc(F)ccc1C(=O)NCc1sccc1C#CCN. The van der Waals surface area contributed by atoms with Crippen LogP contribution in [0.15, 0.2) is 29.6 Å². The first-order valence-electron chi connectivity index (χ1n) is 6.41. The zero-order valence-corrected chi connectivity index (χ0v) is 12.4. The van der Waals surface area contributed by atoms with Crippen molar-refractivity contribution in [1.82, 2.24) is 5.32 Å². The quantitative estimate of drug-likeness (QED) is 0.856. The van der Waals surface area contributed by atoms with E-state index < -0.39 is 0 Å². The van der Waals surface area contributed by atoms with Crippen LogP contribution in [-0.2, 0) is 6.54 Å². The molecule has 0 aliphatic carbocycles. The Morgan fingerprint density at radius 2 is 2.24 bits per heavy atom. The molecule has 1 heterocycles. The fourth-order valence-corrected chi connectivity index (χ4v) is 2.64. The number of nitrogens with one attached hydrogen (secondary N) is 1. The average Bonchev–Trinajstić information content (AvgIpc) is 2.90. The number of hydrogen-bond acceptors (Lipinski definition) is 3. The molecule has 2 aromatic rings. The van der Waals surface area contributed by atoms with Crippen LogP contribution < -0.4 is 11.1 Å². The zero-order chi connectivity index (χ0) is 15.2. The molecule has 0 unspecified atom stereocenters. The molecule has 0 radical (unpaired) electrons. The van der Waals surface area contributed by atoms with E-state index in [2.05, 4.69) is 17.2 Å². The first kappa shape index (κ1) is 15.2. The topological polar surface area (TPSA) is 55.1 Å². The molecule has 1 aromatic heterocycles. The lowest BCUT2D eigenvalue weighted by atomic mass is 10.1. The largest absolute Gasteiger partial charge is 0.347 e. The second-order valence-corrected chi connectivity index (χ2v) is 5.41. The number of aryl methyl sites for hydroxylation is 1. The monoisotopic (exact) mass is 302 g/mol. The van der Waals surface area contributed by atoms with Gasteiger partial charge in [-0.15, -0.1) is 11.3 Å². The summed E-state index contributed by atoms with van der Waals surface area (Å²) >= 11 is 1.53. The molecular formula is C16H15FN2OS. The molecule has 3 N–H and O–H groups in total. The van der Waals surface area contributed by atoms with Crippen molar-refractivity contribution in [3.63, 3.8) is 0 Å². The Balaban J connectivity index is 2.06. The summed E-state index contributed by atoms with van der Waals surface area (Å²) in [4.78, 5) is 13.1. The number of benzene rings is 1. The smallest absolute Gasteiger partial charge is 0.251 e. The number of nitrogens with two attached hydrogens (primary N) is 1. The third-order valence-electron chi connectivity index (χ3n) is 2.91. The standard InChI is InChI=1S/C16H15FN2OS/c1-11-9-13(17)4-5-14(11)16(20)19-10-15-12(3-2-7-18)6-8-21-15/h4-6,8-9H,7,10,18H2,1H3,(H,19,20). The van der Waals surface area contributed by atoms with E-state index in [1.165, 1.54) is 29.5 Å². The minimum atomic E-state index is -0.346. The van der Waals surface area contributed by atoms with Gasteiger partial charge in [-0.1, -0.05) is 11.8 Å². The van der Waals surface area contributed by atoms with E-state index in [0.717, 1.165) is 10.4 Å². The third-order valence-corrected chi connectivity index (χ3v) is 3.83. The van der Waals surface area contributed by atoms with Gasteiger partial charge in [-0.05, 0) is 42.1 Å². The number of halogens is 1. The van der Waals surface area contributed by atoms with Gasteiger partial charge < -0.3 is 11.1 Å². The highest BCUT2D eigenvalue weighted by Gasteiger charge is 2.10. The van der Waals surface area contributed by atoms with Crippen LogP contribution in [0.5, 0.6) is 0 Å². The maximum Gasteiger partial charge on any atom is 0.251 e. The van der Waals surface area contributed by atoms with Crippen molar-refractivity contribution in [2.75, 3.05) is 6.54 Å². The number of thiophene rings is 1. The highest BCUT2D eigenvalue weighted by molar-refractivity contribution is 7.10. The van der Waals surface area contributed by atoms with Gasteiger partial charge in [0.1, 0.15) is 5.82 Å². The number of hydrogen-bond donors (Lipinski definition) is 2. The summed E-state index contributed by atoms with van der Waals surface area (Å²) in [5.41, 5.74) is 7.32. The van der Waals surface area contributed by atoms with E-state index in [9.17, 15) is 9.18 Å². The van der Waals surface area contributed by atoms with Crippen LogP contribution in [0.2, 0.25) is 0 Å². The summed E-state index contributed by atoms with van der Waals surface area (Å²) in [6.45, 7) is 2.40. The predicted molar refractivity (Wildman–Crippen MR) is 82.6 cm³/mol. The summed E-state index contributed by atoms with van der Waals surface area (Å²) < 4.78 is 13.0. The fourth-order valence-electron chi connectivity index (χ4n) is 1.87. The maximum absolute atomic E-state index is 13.0. The molecule has 0 bridgehead atoms. The van der Waals surface area contributed by atoms with Crippen molar-refractivity contribution in [3.05, 3.63) is 57.0 Å². The van der Waals surface area contributed by atoms with Gasteiger partial charge in [0.2, 0.25) is 0 Å². The van der Waals surface area contributed by atoms with Gasteiger partial charge in [0.15, 0.2) is 0 Å². The van der Waals surface area contributed by atoms with Gasteiger partial charge in [0.05, 0.1) is 13.1 Å². The average molecular weight is 302 g/mol. The molecule has 0 saturated carbocycles. The summed E-state index contributed by atoms with van der Waals surface area (Å²) in [7, 11) is 0. The van der Waals surface area contributed by atoms with Crippen molar-refractivity contribution in [2.24, 2.45) is 5.73 Å². The summed E-state index contributed by atoms with van der Waals surface area (Å²) in [5.74, 6) is 5.20. The highest BCUT2D eigenvalue weighted by Crippen LogP contribution is 2.16. The van der Waals surface area contributed by atoms with Gasteiger partial charge in [-0.25, -0.2) is 4.39 Å². The van der Waals surface area contributed by atoms with Gasteiger partial charge in [0.25, 0.3) is 5.91 Å². The molecule has 5 heteroatoms. The molecule has 1 amide bonds. The Morgan fingerprint density at radius 3 is 2.95 bits per heavy atom. The van der Waals surface area contributed by atoms with Crippen molar-refractivity contribution in [1.29, 1.82) is 0 Å². The minimum absolute atomic E-state index is 0.223. The van der Waals surface area contributed by atoms with Gasteiger partial charge >= 0.3 is 0 Å². The molecule has 0 fully saturated rings. The number of rotatable bonds is 3. The molecule has 0 spiro atoms. The Bertz CT molecular complexity index is 713. The van der Waals surface area contributed by atoms with Crippen LogP contribution in [-0.4, -0.2) is 12.5 Å². The van der Waals surface area contributed by atoms with E-state index in [1.54, 1.807) is 6.92 Å². The molecule has 108 valence electrons. The van der Waals surface area contributed by atoms with E-state index in [1.807, 2.05) is 11.4 Å². The lowest BCUT2D eigenvalue weighted by Gasteiger charge is -2.07. The highest BCUT2D eigenvalue weighted by atomic mass is 32.1. The Kier molecular flexibility index (Phi) is 5.09. The first-order valence-corrected chi connectivity index (χ1v) is 7.29. The summed E-state index contributed by atoms with van der Waals surface area (Å²) in [5, 5.41) is 4.75. The van der Waals surface area contributed by atoms with E-state index in [-0.39, 0.29) is 11.7 Å². The van der Waals surface area contributed by atoms with Crippen molar-refractivity contribution >= 4 is 17.2 Å². The normalized spacial score (nSPS) is 9.86. The van der Waals surface area contributed by atoms with Crippen LogP contribution >= 0.6 is 11.3 Å². The molecule has 3 nitrogen and oxygen atoms in total. The lowest BCUT2D eigenvalue weighted by molar-refractivity contribution is 0.0950.